The highest BCUT2D eigenvalue weighted by atomic mass is 79.9. The molecule has 2 aromatic carbocycles. The summed E-state index contributed by atoms with van der Waals surface area (Å²) in [5.41, 5.74) is 3.56. The third-order valence-corrected chi connectivity index (χ3v) is 4.44. The van der Waals surface area contributed by atoms with Crippen LogP contribution >= 0.6 is 15.9 Å². The number of halogens is 1. The molecule has 4 aromatic rings. The molecule has 0 saturated heterocycles. The molecule has 0 unspecified atom stereocenters. The Labute approximate surface area is 140 Å². The number of hydrogen-bond acceptors (Lipinski definition) is 2. The van der Waals surface area contributed by atoms with E-state index >= 15 is 0 Å². The predicted molar refractivity (Wildman–Crippen MR) is 94.9 cm³/mol. The summed E-state index contributed by atoms with van der Waals surface area (Å²) >= 11 is 3.46. The van der Waals surface area contributed by atoms with Crippen LogP contribution in [0.2, 0.25) is 0 Å². The number of aryl methyl sites for hydroxylation is 1. The summed E-state index contributed by atoms with van der Waals surface area (Å²) < 4.78 is 6.53. The highest BCUT2D eigenvalue weighted by Gasteiger charge is 2.14. The molecule has 0 aliphatic heterocycles. The lowest BCUT2D eigenvalue weighted by Crippen LogP contribution is -2.10. The number of carbonyl (C=O) groups excluding carboxylic acids is 1. The Morgan fingerprint density at radius 1 is 1.17 bits per heavy atom. The number of anilines is 1. The van der Waals surface area contributed by atoms with E-state index < -0.39 is 0 Å². The monoisotopic (exact) mass is 368 g/mol. The van der Waals surface area contributed by atoms with Crippen molar-refractivity contribution >= 4 is 49.4 Å². The first-order valence-electron chi connectivity index (χ1n) is 7.19. The number of fused-ring (bicyclic) bond motifs is 2. The van der Waals surface area contributed by atoms with Crippen molar-refractivity contribution in [1.29, 1.82) is 0 Å². The molecular formula is C18H13BrN2O2. The maximum absolute atomic E-state index is 12.4. The van der Waals surface area contributed by atoms with Gasteiger partial charge < -0.3 is 14.7 Å². The van der Waals surface area contributed by atoms with Crippen LogP contribution < -0.4 is 5.32 Å². The summed E-state index contributed by atoms with van der Waals surface area (Å²) in [4.78, 5) is 15.7. The normalized spacial score (nSPS) is 11.2. The number of aromatic nitrogens is 1. The topological polar surface area (TPSA) is 58.0 Å². The van der Waals surface area contributed by atoms with Crippen molar-refractivity contribution in [1.82, 2.24) is 4.98 Å². The van der Waals surface area contributed by atoms with Gasteiger partial charge in [0.05, 0.1) is 0 Å². The fourth-order valence-corrected chi connectivity index (χ4v) is 3.15. The van der Waals surface area contributed by atoms with Gasteiger partial charge in [0.1, 0.15) is 5.58 Å². The van der Waals surface area contributed by atoms with Gasteiger partial charge in [-0.1, -0.05) is 22.0 Å². The highest BCUT2D eigenvalue weighted by Crippen LogP contribution is 2.27. The number of nitrogens with one attached hydrogen (secondary N) is 2. The zero-order valence-corrected chi connectivity index (χ0v) is 13.9. The molecule has 0 atom stereocenters. The maximum Gasteiger partial charge on any atom is 0.291 e. The molecule has 23 heavy (non-hydrogen) atoms. The highest BCUT2D eigenvalue weighted by molar-refractivity contribution is 9.10. The quantitative estimate of drug-likeness (QED) is 0.508. The largest absolute Gasteiger partial charge is 0.451 e. The van der Waals surface area contributed by atoms with Gasteiger partial charge in [-0.15, -0.1) is 0 Å². The molecule has 5 heteroatoms. The lowest BCUT2D eigenvalue weighted by atomic mass is 10.2. The minimum atomic E-state index is -0.264. The summed E-state index contributed by atoms with van der Waals surface area (Å²) in [6, 6.07) is 15.2. The van der Waals surface area contributed by atoms with Gasteiger partial charge in [-0.2, -0.15) is 0 Å². The number of carbonyl (C=O) groups is 1. The first-order chi connectivity index (χ1) is 11.1. The van der Waals surface area contributed by atoms with Crippen molar-refractivity contribution in [3.63, 3.8) is 0 Å². The van der Waals surface area contributed by atoms with Crippen LogP contribution in [0.5, 0.6) is 0 Å². The number of H-pyrrole nitrogens is 1. The van der Waals surface area contributed by atoms with Gasteiger partial charge in [0.2, 0.25) is 0 Å². The summed E-state index contributed by atoms with van der Waals surface area (Å²) in [5, 5.41) is 4.82. The van der Waals surface area contributed by atoms with Gasteiger partial charge in [0, 0.05) is 32.1 Å². The SMILES string of the molecule is Cc1cc2cc(NC(=O)c3cc4c(Br)cccc4o3)ccc2[nH]1. The van der Waals surface area contributed by atoms with Gasteiger partial charge in [-0.25, -0.2) is 0 Å². The molecule has 1 amide bonds. The molecule has 2 heterocycles. The van der Waals surface area contributed by atoms with E-state index in [1.54, 1.807) is 6.07 Å². The summed E-state index contributed by atoms with van der Waals surface area (Å²) in [6.07, 6.45) is 0. The first-order valence-corrected chi connectivity index (χ1v) is 7.98. The standard InChI is InChI=1S/C18H13BrN2O2/c1-10-7-11-8-12(5-6-15(11)20-10)21-18(22)17-9-13-14(19)3-2-4-16(13)23-17/h2-9,20H,1H3,(H,21,22). The van der Waals surface area contributed by atoms with E-state index in [1.807, 2.05) is 49.4 Å². The van der Waals surface area contributed by atoms with Gasteiger partial charge in [0.15, 0.2) is 5.76 Å². The minimum absolute atomic E-state index is 0.264. The van der Waals surface area contributed by atoms with Crippen molar-refractivity contribution in [2.24, 2.45) is 0 Å². The fourth-order valence-electron chi connectivity index (χ4n) is 2.69. The molecule has 0 aliphatic carbocycles. The third-order valence-electron chi connectivity index (χ3n) is 3.75. The van der Waals surface area contributed by atoms with Gasteiger partial charge in [0.25, 0.3) is 5.91 Å². The van der Waals surface area contributed by atoms with Crippen molar-refractivity contribution < 1.29 is 9.21 Å². The lowest BCUT2D eigenvalue weighted by Gasteiger charge is -2.03. The van der Waals surface area contributed by atoms with E-state index in [4.69, 9.17) is 4.42 Å². The second-order valence-corrected chi connectivity index (χ2v) is 6.33. The van der Waals surface area contributed by atoms with Crippen molar-refractivity contribution in [3.05, 3.63) is 64.5 Å². The molecule has 2 aromatic heterocycles. The van der Waals surface area contributed by atoms with Crippen LogP contribution in [0.3, 0.4) is 0 Å². The van der Waals surface area contributed by atoms with E-state index in [2.05, 4.69) is 26.2 Å². The molecule has 114 valence electrons. The Morgan fingerprint density at radius 2 is 2.04 bits per heavy atom. The first kappa shape index (κ1) is 14.1. The number of aromatic amines is 1. The Hall–Kier alpha value is -2.53. The molecule has 0 bridgehead atoms. The molecule has 0 radical (unpaired) electrons. The average Bonchev–Trinajstić information content (AvgIpc) is 3.10. The Morgan fingerprint density at radius 3 is 2.87 bits per heavy atom. The lowest BCUT2D eigenvalue weighted by molar-refractivity contribution is 0.0998. The number of amides is 1. The van der Waals surface area contributed by atoms with Crippen LogP contribution in [0.1, 0.15) is 16.2 Å². The molecule has 0 fully saturated rings. The predicted octanol–water partition coefficient (Wildman–Crippen LogP) is 5.24. The number of rotatable bonds is 2. The molecule has 4 nitrogen and oxygen atoms in total. The van der Waals surface area contributed by atoms with Crippen molar-refractivity contribution in [3.8, 4) is 0 Å². The van der Waals surface area contributed by atoms with Crippen molar-refractivity contribution in [2.75, 3.05) is 5.32 Å². The smallest absolute Gasteiger partial charge is 0.291 e. The summed E-state index contributed by atoms with van der Waals surface area (Å²) in [5.74, 6) is 0.0250. The van der Waals surface area contributed by atoms with E-state index in [-0.39, 0.29) is 11.7 Å². The van der Waals surface area contributed by atoms with E-state index in [0.717, 1.165) is 32.1 Å². The summed E-state index contributed by atoms with van der Waals surface area (Å²) in [6.45, 7) is 2.00. The summed E-state index contributed by atoms with van der Waals surface area (Å²) in [7, 11) is 0. The van der Waals surface area contributed by atoms with Crippen LogP contribution in [-0.4, -0.2) is 10.9 Å². The second-order valence-electron chi connectivity index (χ2n) is 5.47. The second kappa shape index (κ2) is 5.28. The van der Waals surface area contributed by atoms with E-state index in [1.165, 1.54) is 0 Å². The van der Waals surface area contributed by atoms with Gasteiger partial charge in [-0.05, 0) is 49.4 Å². The Bertz CT molecular complexity index is 1050. The van der Waals surface area contributed by atoms with Crippen LogP contribution in [0.25, 0.3) is 21.9 Å². The van der Waals surface area contributed by atoms with Crippen LogP contribution in [0.15, 0.2) is 57.4 Å². The van der Waals surface area contributed by atoms with Crippen LogP contribution in [0, 0.1) is 6.92 Å². The molecule has 2 N–H and O–H groups in total. The number of furan rings is 1. The zero-order valence-electron chi connectivity index (χ0n) is 12.3. The molecule has 0 spiro atoms. The minimum Gasteiger partial charge on any atom is -0.451 e. The zero-order chi connectivity index (χ0) is 16.0. The van der Waals surface area contributed by atoms with Crippen LogP contribution in [-0.2, 0) is 0 Å². The number of hydrogen-bond donors (Lipinski definition) is 2. The van der Waals surface area contributed by atoms with E-state index in [0.29, 0.717) is 5.58 Å². The van der Waals surface area contributed by atoms with Gasteiger partial charge >= 0.3 is 0 Å². The third kappa shape index (κ3) is 2.53. The molecule has 0 saturated carbocycles. The van der Waals surface area contributed by atoms with E-state index in [9.17, 15) is 4.79 Å². The Balaban J connectivity index is 1.65. The van der Waals surface area contributed by atoms with Gasteiger partial charge in [-0.3, -0.25) is 4.79 Å². The molecule has 4 rings (SSSR count). The fraction of sp³-hybridized carbons (Fsp3) is 0.0556. The Kier molecular flexibility index (Phi) is 3.23. The van der Waals surface area contributed by atoms with Crippen LogP contribution in [0.4, 0.5) is 5.69 Å². The number of benzene rings is 2. The maximum atomic E-state index is 12.4. The van der Waals surface area contributed by atoms with Crippen molar-refractivity contribution in [2.45, 2.75) is 6.92 Å². The average molecular weight is 369 g/mol. The molecule has 0 aliphatic rings. The molecular weight excluding hydrogens is 356 g/mol.